The highest BCUT2D eigenvalue weighted by Crippen LogP contribution is 2.38. The second-order valence-electron chi connectivity index (χ2n) is 10.7. The van der Waals surface area contributed by atoms with E-state index >= 15 is 0 Å². The minimum atomic E-state index is -0.725. The van der Waals surface area contributed by atoms with Crippen LogP contribution in [0.25, 0.3) is 0 Å². The van der Waals surface area contributed by atoms with E-state index in [1.807, 2.05) is 0 Å². The molecule has 0 aliphatic heterocycles. The van der Waals surface area contributed by atoms with Crippen LogP contribution in [0.15, 0.2) is 24.3 Å². The molecule has 0 radical (unpaired) electrons. The van der Waals surface area contributed by atoms with Gasteiger partial charge in [0.05, 0.1) is 0 Å². The molecule has 1 aromatic rings. The van der Waals surface area contributed by atoms with Crippen molar-refractivity contribution < 1.29 is 8.78 Å². The van der Waals surface area contributed by atoms with Crippen molar-refractivity contribution in [1.82, 2.24) is 0 Å². The Morgan fingerprint density at radius 2 is 1.30 bits per heavy atom. The number of benzene rings is 1. The first-order valence-electron chi connectivity index (χ1n) is 13.7. The van der Waals surface area contributed by atoms with Crippen LogP contribution in [0.1, 0.15) is 127 Å². The second-order valence-corrected chi connectivity index (χ2v) is 10.7. The molecule has 0 spiro atoms. The topological polar surface area (TPSA) is 23.8 Å². The van der Waals surface area contributed by atoms with Crippen LogP contribution in [0, 0.1) is 40.7 Å². The summed E-state index contributed by atoms with van der Waals surface area (Å²) in [5.41, 5.74) is 0.248. The molecular weight excluding hydrogens is 412 g/mol. The number of allylic oxidation sites excluding steroid dienone is 2. The fourth-order valence-electron chi connectivity index (χ4n) is 5.95. The SMILES string of the molecule is CCCCCCCCC[C@H]1CC[C@H](/C=C/C2CCC(c3cc(F)c(C#N)c(F)c3)CC2)CC1. The first kappa shape index (κ1) is 25.9. The molecule has 1 aromatic carbocycles. The summed E-state index contributed by atoms with van der Waals surface area (Å²) in [4.78, 5) is 0. The molecule has 2 saturated carbocycles. The van der Waals surface area contributed by atoms with Crippen LogP contribution in [0.5, 0.6) is 0 Å². The summed E-state index contributed by atoms with van der Waals surface area (Å²) in [6.07, 6.45) is 25.8. The highest BCUT2D eigenvalue weighted by atomic mass is 19.1. The van der Waals surface area contributed by atoms with Gasteiger partial charge in [0.2, 0.25) is 0 Å². The molecule has 2 aliphatic rings. The van der Waals surface area contributed by atoms with E-state index in [4.69, 9.17) is 5.26 Å². The first-order chi connectivity index (χ1) is 16.1. The summed E-state index contributed by atoms with van der Waals surface area (Å²) in [6, 6.07) is 4.35. The zero-order chi connectivity index (χ0) is 23.5. The average Bonchev–Trinajstić information content (AvgIpc) is 2.83. The van der Waals surface area contributed by atoms with Crippen LogP contribution in [-0.4, -0.2) is 0 Å². The number of rotatable bonds is 11. The summed E-state index contributed by atoms with van der Waals surface area (Å²) >= 11 is 0. The van der Waals surface area contributed by atoms with E-state index in [-0.39, 0.29) is 5.92 Å². The molecule has 182 valence electrons. The minimum absolute atomic E-state index is 0.202. The average molecular weight is 456 g/mol. The lowest BCUT2D eigenvalue weighted by atomic mass is 9.76. The smallest absolute Gasteiger partial charge is 0.144 e. The number of halogens is 2. The maximum atomic E-state index is 14.0. The Balaban J connectivity index is 1.32. The molecule has 2 fully saturated rings. The summed E-state index contributed by atoms with van der Waals surface area (Å²) < 4.78 is 27.9. The Morgan fingerprint density at radius 3 is 1.85 bits per heavy atom. The van der Waals surface area contributed by atoms with Crippen molar-refractivity contribution in [2.24, 2.45) is 17.8 Å². The van der Waals surface area contributed by atoms with Gasteiger partial charge in [-0.3, -0.25) is 0 Å². The van der Waals surface area contributed by atoms with E-state index in [2.05, 4.69) is 19.1 Å². The Hall–Kier alpha value is -1.69. The number of unbranched alkanes of at least 4 members (excludes halogenated alkanes) is 6. The lowest BCUT2D eigenvalue weighted by Crippen LogP contribution is -2.15. The quantitative estimate of drug-likeness (QED) is 0.241. The second kappa shape index (κ2) is 13.9. The van der Waals surface area contributed by atoms with E-state index in [0.29, 0.717) is 11.5 Å². The first-order valence-corrected chi connectivity index (χ1v) is 13.7. The van der Waals surface area contributed by atoms with Gasteiger partial charge in [0.25, 0.3) is 0 Å². The zero-order valence-corrected chi connectivity index (χ0v) is 20.6. The maximum absolute atomic E-state index is 14.0. The predicted molar refractivity (Wildman–Crippen MR) is 133 cm³/mol. The standard InChI is InChI=1S/C30H43F2N/c1-2-3-4-5-6-7-8-9-23-10-12-24(13-11-23)14-15-25-16-18-26(19-17-25)27-20-29(31)28(22-33)30(32)21-27/h14-15,20-21,23-26H,2-13,16-19H2,1H3/b15-14+/t23-,24-,25?,26?. The highest BCUT2D eigenvalue weighted by molar-refractivity contribution is 5.36. The number of hydrogen-bond donors (Lipinski definition) is 0. The van der Waals surface area contributed by atoms with Gasteiger partial charge >= 0.3 is 0 Å². The van der Waals surface area contributed by atoms with Crippen molar-refractivity contribution in [2.75, 3.05) is 0 Å². The van der Waals surface area contributed by atoms with E-state index in [1.54, 1.807) is 6.07 Å². The molecule has 1 nitrogen and oxygen atoms in total. The number of nitriles is 1. The molecule has 33 heavy (non-hydrogen) atoms. The van der Waals surface area contributed by atoms with Crippen molar-refractivity contribution >= 4 is 0 Å². The molecule has 0 saturated heterocycles. The van der Waals surface area contributed by atoms with E-state index in [1.165, 1.54) is 89.2 Å². The molecule has 0 N–H and O–H groups in total. The molecular formula is C30H43F2N. The number of hydrogen-bond acceptors (Lipinski definition) is 1. The maximum Gasteiger partial charge on any atom is 0.144 e. The molecule has 3 heteroatoms. The van der Waals surface area contributed by atoms with Crippen molar-refractivity contribution in [1.29, 1.82) is 5.26 Å². The largest absolute Gasteiger partial charge is 0.205 e. The Morgan fingerprint density at radius 1 is 0.788 bits per heavy atom. The summed E-state index contributed by atoms with van der Waals surface area (Å²) in [5, 5.41) is 8.86. The van der Waals surface area contributed by atoms with Crippen LogP contribution < -0.4 is 0 Å². The lowest BCUT2D eigenvalue weighted by Gasteiger charge is -2.29. The minimum Gasteiger partial charge on any atom is -0.205 e. The van der Waals surface area contributed by atoms with E-state index < -0.39 is 17.2 Å². The van der Waals surface area contributed by atoms with Gasteiger partial charge in [0.15, 0.2) is 0 Å². The van der Waals surface area contributed by atoms with Crippen LogP contribution in [0.2, 0.25) is 0 Å². The van der Waals surface area contributed by atoms with Crippen molar-refractivity contribution in [3.63, 3.8) is 0 Å². The molecule has 0 bridgehead atoms. The van der Waals surface area contributed by atoms with Gasteiger partial charge in [0.1, 0.15) is 23.3 Å². The molecule has 0 atom stereocenters. The van der Waals surface area contributed by atoms with E-state index in [9.17, 15) is 8.78 Å². The third kappa shape index (κ3) is 8.24. The Kier molecular flexibility index (Phi) is 10.9. The van der Waals surface area contributed by atoms with Gasteiger partial charge in [-0.25, -0.2) is 8.78 Å². The molecule has 0 unspecified atom stereocenters. The normalized spacial score (nSPS) is 25.9. The molecule has 2 aliphatic carbocycles. The Labute approximate surface area is 200 Å². The van der Waals surface area contributed by atoms with Crippen LogP contribution in [-0.2, 0) is 0 Å². The molecule has 0 heterocycles. The van der Waals surface area contributed by atoms with E-state index in [0.717, 1.165) is 37.5 Å². The highest BCUT2D eigenvalue weighted by Gasteiger charge is 2.24. The van der Waals surface area contributed by atoms with Crippen molar-refractivity contribution in [3.05, 3.63) is 47.0 Å². The van der Waals surface area contributed by atoms with Crippen LogP contribution in [0.3, 0.4) is 0 Å². The van der Waals surface area contributed by atoms with Gasteiger partial charge in [0, 0.05) is 0 Å². The summed E-state index contributed by atoms with van der Waals surface area (Å²) in [7, 11) is 0. The van der Waals surface area contributed by atoms with Gasteiger partial charge in [-0.15, -0.1) is 0 Å². The van der Waals surface area contributed by atoms with Gasteiger partial charge in [-0.2, -0.15) is 5.26 Å². The predicted octanol–water partition coefficient (Wildman–Crippen LogP) is 9.61. The summed E-state index contributed by atoms with van der Waals surface area (Å²) in [6.45, 7) is 2.28. The fourth-order valence-corrected chi connectivity index (χ4v) is 5.95. The molecule has 0 amide bonds. The van der Waals surface area contributed by atoms with Crippen LogP contribution >= 0.6 is 0 Å². The lowest BCUT2D eigenvalue weighted by molar-refractivity contribution is 0.287. The molecule has 0 aromatic heterocycles. The van der Waals surface area contributed by atoms with Crippen molar-refractivity contribution in [2.45, 2.75) is 116 Å². The zero-order valence-electron chi connectivity index (χ0n) is 20.6. The number of nitrogens with zero attached hydrogens (tertiary/aromatic N) is 1. The Bertz CT molecular complexity index is 754. The van der Waals surface area contributed by atoms with Gasteiger partial charge in [-0.1, -0.05) is 70.4 Å². The van der Waals surface area contributed by atoms with Gasteiger partial charge < -0.3 is 0 Å². The van der Waals surface area contributed by atoms with Crippen molar-refractivity contribution in [3.8, 4) is 6.07 Å². The monoisotopic (exact) mass is 455 g/mol. The van der Waals surface area contributed by atoms with Crippen LogP contribution in [0.4, 0.5) is 8.78 Å². The fraction of sp³-hybridized carbons (Fsp3) is 0.700. The third-order valence-corrected chi connectivity index (χ3v) is 8.18. The summed E-state index contributed by atoms with van der Waals surface area (Å²) in [5.74, 6) is 1.05. The molecule has 3 rings (SSSR count). The third-order valence-electron chi connectivity index (χ3n) is 8.18. The van der Waals surface area contributed by atoms with Gasteiger partial charge in [-0.05, 0) is 92.7 Å².